The Kier molecular flexibility index (Phi) is 6.57. The second-order valence-corrected chi connectivity index (χ2v) is 6.77. The van der Waals surface area contributed by atoms with Crippen LogP contribution in [0.4, 0.5) is 0 Å². The quantitative estimate of drug-likeness (QED) is 0.902. The lowest BCUT2D eigenvalue weighted by atomic mass is 9.92. The van der Waals surface area contributed by atoms with E-state index < -0.39 is 0 Å². The van der Waals surface area contributed by atoms with Crippen LogP contribution >= 0.6 is 24.0 Å². The fourth-order valence-corrected chi connectivity index (χ4v) is 3.70. The van der Waals surface area contributed by atoms with Crippen molar-refractivity contribution in [2.24, 2.45) is 11.8 Å². The fourth-order valence-electron chi connectivity index (χ4n) is 3.47. The van der Waals surface area contributed by atoms with Crippen molar-refractivity contribution < 1.29 is 9.53 Å². The Hall–Kier alpha value is -0.970. The summed E-state index contributed by atoms with van der Waals surface area (Å²) in [6.45, 7) is 5.96. The van der Waals surface area contributed by atoms with E-state index >= 15 is 0 Å². The minimum Gasteiger partial charge on any atom is -0.483 e. The molecule has 0 saturated carbocycles. The summed E-state index contributed by atoms with van der Waals surface area (Å²) in [4.78, 5) is 14.3. The topological polar surface area (TPSA) is 41.6 Å². The van der Waals surface area contributed by atoms with E-state index in [2.05, 4.69) is 5.32 Å². The standard InChI is InChI=1S/C17H23ClN2O2.ClH/c1-12-8-15(18)2-3-16(12)22-11-17(21)20-6-4-13-9-19-10-14(13)5-7-20;/h2-3,8,13-14,19H,4-7,9-11H2,1H3;1H/t13-,14+;. The Morgan fingerprint density at radius 2 is 1.96 bits per heavy atom. The van der Waals surface area contributed by atoms with Gasteiger partial charge in [0.1, 0.15) is 5.75 Å². The summed E-state index contributed by atoms with van der Waals surface area (Å²) in [5.74, 6) is 2.28. The molecule has 2 aliphatic heterocycles. The van der Waals surface area contributed by atoms with Crippen LogP contribution in [-0.2, 0) is 4.79 Å². The molecule has 0 spiro atoms. The Bertz CT molecular complexity index is 539. The van der Waals surface area contributed by atoms with E-state index in [1.54, 1.807) is 6.07 Å². The number of halogens is 2. The summed E-state index contributed by atoms with van der Waals surface area (Å²) < 4.78 is 5.68. The smallest absolute Gasteiger partial charge is 0.260 e. The number of nitrogens with one attached hydrogen (secondary N) is 1. The van der Waals surface area contributed by atoms with Crippen LogP contribution in [0.1, 0.15) is 18.4 Å². The first-order valence-corrected chi connectivity index (χ1v) is 8.38. The number of likely N-dealkylation sites (tertiary alicyclic amines) is 1. The highest BCUT2D eigenvalue weighted by Crippen LogP contribution is 2.27. The maximum absolute atomic E-state index is 12.4. The molecule has 1 aromatic carbocycles. The fraction of sp³-hybridized carbons (Fsp3) is 0.588. The number of benzene rings is 1. The molecule has 0 aromatic heterocycles. The normalized spacial score (nSPS) is 23.7. The summed E-state index contributed by atoms with van der Waals surface area (Å²) in [7, 11) is 0. The zero-order valence-electron chi connectivity index (χ0n) is 13.4. The first kappa shape index (κ1) is 18.4. The van der Waals surface area contributed by atoms with Crippen molar-refractivity contribution in [2.45, 2.75) is 19.8 Å². The number of carbonyl (C=O) groups is 1. The zero-order chi connectivity index (χ0) is 15.5. The van der Waals surface area contributed by atoms with Gasteiger partial charge in [0.25, 0.3) is 5.91 Å². The second-order valence-electron chi connectivity index (χ2n) is 6.34. The molecule has 4 nitrogen and oxygen atoms in total. The van der Waals surface area contributed by atoms with Gasteiger partial charge >= 0.3 is 0 Å². The molecule has 1 aromatic rings. The van der Waals surface area contributed by atoms with Gasteiger partial charge < -0.3 is 15.0 Å². The molecule has 1 amide bonds. The third-order valence-electron chi connectivity index (χ3n) is 4.86. The highest BCUT2D eigenvalue weighted by molar-refractivity contribution is 6.30. The van der Waals surface area contributed by atoms with Crippen LogP contribution in [0.2, 0.25) is 5.02 Å². The SMILES string of the molecule is Cc1cc(Cl)ccc1OCC(=O)N1CC[C@@H]2CNC[C@@H]2CC1.Cl. The van der Waals surface area contributed by atoms with Gasteiger partial charge in [0.2, 0.25) is 0 Å². The number of ether oxygens (including phenoxy) is 1. The number of carbonyl (C=O) groups excluding carboxylic acids is 1. The predicted molar refractivity (Wildman–Crippen MR) is 94.6 cm³/mol. The average molecular weight is 359 g/mol. The van der Waals surface area contributed by atoms with Crippen LogP contribution in [-0.4, -0.2) is 43.6 Å². The van der Waals surface area contributed by atoms with E-state index in [1.807, 2.05) is 24.0 Å². The monoisotopic (exact) mass is 358 g/mol. The Morgan fingerprint density at radius 1 is 1.30 bits per heavy atom. The number of hydrogen-bond donors (Lipinski definition) is 1. The minimum atomic E-state index is 0. The first-order valence-electron chi connectivity index (χ1n) is 8.01. The van der Waals surface area contributed by atoms with Gasteiger partial charge in [0, 0.05) is 18.1 Å². The van der Waals surface area contributed by atoms with Gasteiger partial charge in [0.15, 0.2) is 6.61 Å². The van der Waals surface area contributed by atoms with E-state index in [0.717, 1.165) is 62.2 Å². The van der Waals surface area contributed by atoms with Gasteiger partial charge in [-0.15, -0.1) is 12.4 Å². The van der Waals surface area contributed by atoms with Crippen molar-refractivity contribution >= 4 is 29.9 Å². The van der Waals surface area contributed by atoms with Gasteiger partial charge in [-0.3, -0.25) is 4.79 Å². The molecule has 6 heteroatoms. The van der Waals surface area contributed by atoms with Gasteiger partial charge in [-0.1, -0.05) is 11.6 Å². The minimum absolute atomic E-state index is 0. The molecular formula is C17H24Cl2N2O2. The second kappa shape index (κ2) is 8.22. The summed E-state index contributed by atoms with van der Waals surface area (Å²) in [6, 6.07) is 5.46. The summed E-state index contributed by atoms with van der Waals surface area (Å²) in [6.07, 6.45) is 2.20. The first-order chi connectivity index (χ1) is 10.6. The molecule has 2 saturated heterocycles. The average Bonchev–Trinajstić information content (AvgIpc) is 2.85. The van der Waals surface area contributed by atoms with Crippen LogP contribution in [0, 0.1) is 18.8 Å². The predicted octanol–water partition coefficient (Wildman–Crippen LogP) is 2.91. The van der Waals surface area contributed by atoms with E-state index in [1.165, 1.54) is 0 Å². The van der Waals surface area contributed by atoms with E-state index in [0.29, 0.717) is 5.02 Å². The molecule has 23 heavy (non-hydrogen) atoms. The summed E-state index contributed by atoms with van der Waals surface area (Å²) in [5.41, 5.74) is 0.955. The Morgan fingerprint density at radius 3 is 2.57 bits per heavy atom. The largest absolute Gasteiger partial charge is 0.483 e. The van der Waals surface area contributed by atoms with Gasteiger partial charge in [-0.25, -0.2) is 0 Å². The van der Waals surface area contributed by atoms with Crippen molar-refractivity contribution in [3.8, 4) is 5.75 Å². The lowest BCUT2D eigenvalue weighted by molar-refractivity contribution is -0.133. The molecule has 1 N–H and O–H groups in total. The van der Waals surface area contributed by atoms with Crippen LogP contribution in [0.3, 0.4) is 0 Å². The van der Waals surface area contributed by atoms with Crippen LogP contribution < -0.4 is 10.1 Å². The molecule has 3 rings (SSSR count). The summed E-state index contributed by atoms with van der Waals surface area (Å²) >= 11 is 5.93. The Labute approximate surface area is 148 Å². The molecule has 2 heterocycles. The molecule has 128 valence electrons. The molecule has 0 radical (unpaired) electrons. The number of rotatable bonds is 3. The summed E-state index contributed by atoms with van der Waals surface area (Å²) in [5, 5.41) is 4.14. The van der Waals surface area contributed by atoms with Crippen LogP contribution in [0.5, 0.6) is 5.75 Å². The maximum atomic E-state index is 12.4. The molecule has 2 atom stereocenters. The third kappa shape index (κ3) is 4.52. The number of aryl methyl sites for hydroxylation is 1. The zero-order valence-corrected chi connectivity index (χ0v) is 15.0. The number of fused-ring (bicyclic) bond motifs is 1. The van der Waals surface area contributed by atoms with Crippen molar-refractivity contribution in [1.29, 1.82) is 0 Å². The van der Waals surface area contributed by atoms with Crippen molar-refractivity contribution in [1.82, 2.24) is 10.2 Å². The van der Waals surface area contributed by atoms with Crippen LogP contribution in [0.25, 0.3) is 0 Å². The van der Waals surface area contributed by atoms with E-state index in [-0.39, 0.29) is 24.9 Å². The van der Waals surface area contributed by atoms with Crippen molar-refractivity contribution in [3.63, 3.8) is 0 Å². The van der Waals surface area contributed by atoms with Crippen LogP contribution in [0.15, 0.2) is 18.2 Å². The number of nitrogens with zero attached hydrogens (tertiary/aromatic N) is 1. The molecule has 0 bridgehead atoms. The maximum Gasteiger partial charge on any atom is 0.260 e. The van der Waals surface area contributed by atoms with Gasteiger partial charge in [-0.2, -0.15) is 0 Å². The third-order valence-corrected chi connectivity index (χ3v) is 5.10. The van der Waals surface area contributed by atoms with E-state index in [9.17, 15) is 4.79 Å². The van der Waals surface area contributed by atoms with Crippen molar-refractivity contribution in [3.05, 3.63) is 28.8 Å². The van der Waals surface area contributed by atoms with Gasteiger partial charge in [0.05, 0.1) is 0 Å². The molecule has 0 aliphatic carbocycles. The highest BCUT2D eigenvalue weighted by Gasteiger charge is 2.31. The lowest BCUT2D eigenvalue weighted by Gasteiger charge is -2.21. The Balaban J connectivity index is 0.00000192. The molecule has 2 aliphatic rings. The number of amides is 1. The number of hydrogen-bond acceptors (Lipinski definition) is 3. The van der Waals surface area contributed by atoms with E-state index in [4.69, 9.17) is 16.3 Å². The molecular weight excluding hydrogens is 335 g/mol. The highest BCUT2D eigenvalue weighted by atomic mass is 35.5. The molecule has 2 fully saturated rings. The van der Waals surface area contributed by atoms with Gasteiger partial charge in [-0.05, 0) is 68.5 Å². The molecule has 0 unspecified atom stereocenters. The lowest BCUT2D eigenvalue weighted by Crippen LogP contribution is -2.36. The van der Waals surface area contributed by atoms with Crippen molar-refractivity contribution in [2.75, 3.05) is 32.8 Å².